The molecule has 2 rings (SSSR count). The number of hydrogen-bond acceptors (Lipinski definition) is 3. The average Bonchev–Trinajstić information content (AvgIpc) is 2.54. The second kappa shape index (κ2) is 8.06. The molecule has 24 heavy (non-hydrogen) atoms. The van der Waals surface area contributed by atoms with Gasteiger partial charge in [-0.1, -0.05) is 30.3 Å². The van der Waals surface area contributed by atoms with Crippen molar-refractivity contribution < 1.29 is 18.7 Å². The first kappa shape index (κ1) is 17.4. The van der Waals surface area contributed by atoms with Crippen LogP contribution in [0.3, 0.4) is 0 Å². The molecule has 0 aliphatic heterocycles. The molecule has 0 saturated carbocycles. The summed E-state index contributed by atoms with van der Waals surface area (Å²) in [5.74, 6) is -1.59. The highest BCUT2D eigenvalue weighted by Gasteiger charge is 2.16. The molecule has 1 amide bonds. The highest BCUT2D eigenvalue weighted by atomic mass is 19.1. The zero-order chi connectivity index (χ0) is 17.5. The van der Waals surface area contributed by atoms with Gasteiger partial charge in [0.2, 0.25) is 0 Å². The third-order valence-corrected chi connectivity index (χ3v) is 3.25. The molecule has 0 bridgehead atoms. The van der Waals surface area contributed by atoms with E-state index in [4.69, 9.17) is 4.74 Å². The van der Waals surface area contributed by atoms with Crippen molar-refractivity contribution in [3.8, 4) is 0 Å². The molecular formula is C19H18FNO3. The van der Waals surface area contributed by atoms with Gasteiger partial charge in [-0.3, -0.25) is 4.79 Å². The summed E-state index contributed by atoms with van der Waals surface area (Å²) >= 11 is 0. The minimum absolute atomic E-state index is 0.270. The third-order valence-electron chi connectivity index (χ3n) is 3.25. The number of anilines is 1. The molecule has 4 nitrogen and oxygen atoms in total. The number of amides is 1. The normalized spacial score (nSPS) is 12.0. The van der Waals surface area contributed by atoms with E-state index in [0.29, 0.717) is 5.69 Å². The molecule has 0 fully saturated rings. The Kier molecular flexibility index (Phi) is 5.84. The number of halogens is 1. The Bertz CT molecular complexity index is 771. The average molecular weight is 327 g/mol. The van der Waals surface area contributed by atoms with Gasteiger partial charge in [0, 0.05) is 17.3 Å². The quantitative estimate of drug-likeness (QED) is 0.673. The van der Waals surface area contributed by atoms with Gasteiger partial charge in [0.05, 0.1) is 0 Å². The number of nitrogens with one attached hydrogen (secondary N) is 1. The third kappa shape index (κ3) is 5.05. The first-order valence-corrected chi connectivity index (χ1v) is 7.46. The van der Waals surface area contributed by atoms with E-state index < -0.39 is 23.8 Å². The van der Waals surface area contributed by atoms with E-state index in [1.807, 2.05) is 25.1 Å². The lowest BCUT2D eigenvalue weighted by Gasteiger charge is -2.12. The van der Waals surface area contributed by atoms with Crippen LogP contribution < -0.4 is 5.32 Å². The van der Waals surface area contributed by atoms with Gasteiger partial charge in [-0.15, -0.1) is 0 Å². The monoisotopic (exact) mass is 327 g/mol. The lowest BCUT2D eigenvalue weighted by molar-refractivity contribution is -0.148. The first-order valence-electron chi connectivity index (χ1n) is 7.46. The highest BCUT2D eigenvalue weighted by molar-refractivity contribution is 5.96. The maximum atomic E-state index is 13.4. The fourth-order valence-corrected chi connectivity index (χ4v) is 2.00. The van der Waals surface area contributed by atoms with E-state index in [1.165, 1.54) is 25.1 Å². The van der Waals surface area contributed by atoms with Crippen LogP contribution in [-0.2, 0) is 14.3 Å². The molecule has 2 aromatic rings. The van der Waals surface area contributed by atoms with Crippen LogP contribution in [0.5, 0.6) is 0 Å². The number of carbonyl (C=O) groups is 2. The van der Waals surface area contributed by atoms with Crippen LogP contribution in [-0.4, -0.2) is 18.0 Å². The number of rotatable bonds is 5. The van der Waals surface area contributed by atoms with Crippen LogP contribution >= 0.6 is 0 Å². The van der Waals surface area contributed by atoms with Crippen LogP contribution in [0.4, 0.5) is 10.1 Å². The van der Waals surface area contributed by atoms with Crippen molar-refractivity contribution in [3.63, 3.8) is 0 Å². The summed E-state index contributed by atoms with van der Waals surface area (Å²) in [6.45, 7) is 3.38. The zero-order valence-corrected chi connectivity index (χ0v) is 13.5. The molecule has 0 aromatic heterocycles. The Balaban J connectivity index is 1.91. The first-order chi connectivity index (χ1) is 11.5. The molecule has 124 valence electrons. The number of benzene rings is 2. The molecular weight excluding hydrogens is 309 g/mol. The lowest BCUT2D eigenvalue weighted by atomic mass is 10.2. The van der Waals surface area contributed by atoms with E-state index in [1.54, 1.807) is 18.2 Å². The maximum absolute atomic E-state index is 13.4. The van der Waals surface area contributed by atoms with Crippen molar-refractivity contribution in [2.45, 2.75) is 20.0 Å². The number of carbonyl (C=O) groups excluding carboxylic acids is 2. The maximum Gasteiger partial charge on any atom is 0.331 e. The number of esters is 1. The van der Waals surface area contributed by atoms with Gasteiger partial charge >= 0.3 is 5.97 Å². The predicted octanol–water partition coefficient (Wildman–Crippen LogP) is 3.72. The van der Waals surface area contributed by atoms with Crippen LogP contribution in [0, 0.1) is 12.7 Å². The fraction of sp³-hybridized carbons (Fsp3) is 0.158. The molecule has 1 N–H and O–H groups in total. The van der Waals surface area contributed by atoms with Gasteiger partial charge in [-0.05, 0) is 43.7 Å². The van der Waals surface area contributed by atoms with E-state index in [9.17, 15) is 14.0 Å². The molecule has 0 aliphatic rings. The zero-order valence-electron chi connectivity index (χ0n) is 13.5. The second-order valence-electron chi connectivity index (χ2n) is 5.29. The summed E-state index contributed by atoms with van der Waals surface area (Å²) < 4.78 is 18.5. The standard InChI is InChI=1S/C19H18FNO3/c1-13-6-5-8-16(12-13)21-19(23)14(2)24-18(22)11-10-15-7-3-4-9-17(15)20/h3-12,14H,1-2H3,(H,21,23)/b11-10+/t14-/m1/s1. The summed E-state index contributed by atoms with van der Waals surface area (Å²) in [6, 6.07) is 13.3. The Hall–Kier alpha value is -2.95. The van der Waals surface area contributed by atoms with Crippen LogP contribution in [0.15, 0.2) is 54.6 Å². The minimum atomic E-state index is -0.969. The van der Waals surface area contributed by atoms with Crippen molar-refractivity contribution in [1.82, 2.24) is 0 Å². The fourth-order valence-electron chi connectivity index (χ4n) is 2.00. The number of ether oxygens (including phenoxy) is 1. The topological polar surface area (TPSA) is 55.4 Å². The molecule has 0 spiro atoms. The molecule has 0 unspecified atom stereocenters. The largest absolute Gasteiger partial charge is 0.449 e. The molecule has 1 atom stereocenters. The molecule has 0 radical (unpaired) electrons. The summed E-state index contributed by atoms with van der Waals surface area (Å²) in [6.07, 6.45) is 1.43. The predicted molar refractivity (Wildman–Crippen MR) is 90.8 cm³/mol. The molecule has 0 aliphatic carbocycles. The van der Waals surface area contributed by atoms with Gasteiger partial charge in [0.1, 0.15) is 5.82 Å². The van der Waals surface area contributed by atoms with Gasteiger partial charge in [-0.2, -0.15) is 0 Å². The summed E-state index contributed by atoms with van der Waals surface area (Å²) in [7, 11) is 0. The van der Waals surface area contributed by atoms with Crippen molar-refractivity contribution in [1.29, 1.82) is 0 Å². The smallest absolute Gasteiger partial charge is 0.331 e. The Morgan fingerprint density at radius 2 is 1.92 bits per heavy atom. The number of aryl methyl sites for hydroxylation is 1. The molecule has 0 heterocycles. The van der Waals surface area contributed by atoms with Gasteiger partial charge in [0.15, 0.2) is 6.10 Å². The number of hydrogen-bond donors (Lipinski definition) is 1. The lowest BCUT2D eigenvalue weighted by Crippen LogP contribution is -2.29. The van der Waals surface area contributed by atoms with E-state index in [-0.39, 0.29) is 5.56 Å². The van der Waals surface area contributed by atoms with Gasteiger partial charge in [0.25, 0.3) is 5.91 Å². The second-order valence-corrected chi connectivity index (χ2v) is 5.29. The van der Waals surface area contributed by atoms with Crippen LogP contribution in [0.2, 0.25) is 0 Å². The van der Waals surface area contributed by atoms with E-state index in [2.05, 4.69) is 5.32 Å². The van der Waals surface area contributed by atoms with Crippen molar-refractivity contribution in [2.75, 3.05) is 5.32 Å². The minimum Gasteiger partial charge on any atom is -0.449 e. The Labute approximate surface area is 140 Å². The van der Waals surface area contributed by atoms with Gasteiger partial charge in [-0.25, -0.2) is 9.18 Å². The van der Waals surface area contributed by atoms with Crippen LogP contribution in [0.1, 0.15) is 18.1 Å². The summed E-state index contributed by atoms with van der Waals surface area (Å²) in [5.41, 5.74) is 1.90. The SMILES string of the molecule is Cc1cccc(NC(=O)[C@@H](C)OC(=O)/C=C/c2ccccc2F)c1. The van der Waals surface area contributed by atoms with E-state index in [0.717, 1.165) is 11.6 Å². The highest BCUT2D eigenvalue weighted by Crippen LogP contribution is 2.11. The van der Waals surface area contributed by atoms with Crippen molar-refractivity contribution in [2.24, 2.45) is 0 Å². The van der Waals surface area contributed by atoms with Crippen molar-refractivity contribution >= 4 is 23.6 Å². The van der Waals surface area contributed by atoms with Crippen molar-refractivity contribution in [3.05, 3.63) is 71.6 Å². The van der Waals surface area contributed by atoms with E-state index >= 15 is 0 Å². The molecule has 2 aromatic carbocycles. The summed E-state index contributed by atoms with van der Waals surface area (Å²) in [5, 5.41) is 2.67. The Morgan fingerprint density at radius 3 is 2.62 bits per heavy atom. The molecule has 0 saturated heterocycles. The van der Waals surface area contributed by atoms with Gasteiger partial charge < -0.3 is 10.1 Å². The molecule has 5 heteroatoms. The van der Waals surface area contributed by atoms with Crippen LogP contribution in [0.25, 0.3) is 6.08 Å². The summed E-state index contributed by atoms with van der Waals surface area (Å²) in [4.78, 5) is 23.8. The Morgan fingerprint density at radius 1 is 1.17 bits per heavy atom.